The zero-order valence-corrected chi connectivity index (χ0v) is 17.1. The van der Waals surface area contributed by atoms with Crippen molar-refractivity contribution in [3.05, 3.63) is 75.9 Å². The highest BCUT2D eigenvalue weighted by molar-refractivity contribution is 7.17. The summed E-state index contributed by atoms with van der Waals surface area (Å²) in [6, 6.07) is 13.6. The average Bonchev–Trinajstić information content (AvgIpc) is 3.29. The van der Waals surface area contributed by atoms with E-state index < -0.39 is 0 Å². The van der Waals surface area contributed by atoms with E-state index in [1.807, 2.05) is 50.2 Å². The summed E-state index contributed by atoms with van der Waals surface area (Å²) < 4.78 is 0. The first-order valence-electron chi connectivity index (χ1n) is 9.16. The van der Waals surface area contributed by atoms with Crippen LogP contribution in [0.25, 0.3) is 21.5 Å². The molecule has 2 aromatic carbocycles. The zero-order valence-electron chi connectivity index (χ0n) is 16.3. The first-order valence-corrected chi connectivity index (χ1v) is 9.97. The van der Waals surface area contributed by atoms with E-state index >= 15 is 0 Å². The van der Waals surface area contributed by atoms with Crippen molar-refractivity contribution in [3.8, 4) is 10.6 Å². The standard InChI is InChI=1S/C22H20N4O2S/c1-12-8-9-15(13(2)10-12)22-24-14(3)19(29-22)21(28)26-25-20(27)17-11-23-18-7-5-4-6-16(17)18/h4-11,23H,1-3H3,(H,25,27)(H,26,28). The number of hydrazine groups is 1. The Hall–Kier alpha value is -3.45. The Morgan fingerprint density at radius 2 is 1.76 bits per heavy atom. The Kier molecular flexibility index (Phi) is 4.90. The maximum Gasteiger partial charge on any atom is 0.281 e. The van der Waals surface area contributed by atoms with Crippen LogP contribution in [0.3, 0.4) is 0 Å². The maximum absolute atomic E-state index is 12.6. The summed E-state index contributed by atoms with van der Waals surface area (Å²) in [7, 11) is 0. The number of hydrogen-bond donors (Lipinski definition) is 3. The van der Waals surface area contributed by atoms with E-state index in [0.717, 1.165) is 27.0 Å². The van der Waals surface area contributed by atoms with Gasteiger partial charge in [-0.1, -0.05) is 42.0 Å². The van der Waals surface area contributed by atoms with Crippen molar-refractivity contribution in [1.29, 1.82) is 0 Å². The third kappa shape index (κ3) is 3.64. The molecule has 0 bridgehead atoms. The lowest BCUT2D eigenvalue weighted by Gasteiger charge is -2.06. The Balaban J connectivity index is 1.50. The second-order valence-corrected chi connectivity index (χ2v) is 7.91. The number of nitrogens with one attached hydrogen (secondary N) is 3. The molecular formula is C22H20N4O2S. The average molecular weight is 404 g/mol. The summed E-state index contributed by atoms with van der Waals surface area (Å²) in [6.45, 7) is 5.86. The van der Waals surface area contributed by atoms with Crippen LogP contribution < -0.4 is 10.9 Å². The molecular weight excluding hydrogens is 384 g/mol. The predicted octanol–water partition coefficient (Wildman–Crippen LogP) is 4.29. The van der Waals surface area contributed by atoms with Gasteiger partial charge in [0, 0.05) is 22.7 Å². The molecule has 0 unspecified atom stereocenters. The van der Waals surface area contributed by atoms with Gasteiger partial charge in [-0.25, -0.2) is 4.98 Å². The van der Waals surface area contributed by atoms with E-state index in [2.05, 4.69) is 26.9 Å². The van der Waals surface area contributed by atoms with Crippen LogP contribution in [0, 0.1) is 20.8 Å². The van der Waals surface area contributed by atoms with Gasteiger partial charge in [-0.3, -0.25) is 20.4 Å². The predicted molar refractivity (Wildman–Crippen MR) is 115 cm³/mol. The number of nitrogens with zero attached hydrogens (tertiary/aromatic N) is 1. The molecule has 0 aliphatic rings. The van der Waals surface area contributed by atoms with Crippen molar-refractivity contribution in [3.63, 3.8) is 0 Å². The van der Waals surface area contributed by atoms with Crippen molar-refractivity contribution in [2.45, 2.75) is 20.8 Å². The first-order chi connectivity index (χ1) is 13.9. The molecule has 0 radical (unpaired) electrons. The molecule has 4 rings (SSSR count). The molecule has 2 heterocycles. The minimum atomic E-state index is -0.385. The van der Waals surface area contributed by atoms with E-state index in [-0.39, 0.29) is 11.8 Å². The number of para-hydroxylation sites is 1. The molecule has 4 aromatic rings. The number of carbonyl (C=O) groups is 2. The van der Waals surface area contributed by atoms with Gasteiger partial charge in [0.05, 0.1) is 11.3 Å². The van der Waals surface area contributed by atoms with E-state index in [1.165, 1.54) is 16.9 Å². The second-order valence-electron chi connectivity index (χ2n) is 6.91. The maximum atomic E-state index is 12.6. The molecule has 29 heavy (non-hydrogen) atoms. The lowest BCUT2D eigenvalue weighted by atomic mass is 10.1. The molecule has 0 aliphatic carbocycles. The summed E-state index contributed by atoms with van der Waals surface area (Å²) in [5.74, 6) is -0.767. The Morgan fingerprint density at radius 3 is 2.55 bits per heavy atom. The highest BCUT2D eigenvalue weighted by Gasteiger charge is 2.19. The highest BCUT2D eigenvalue weighted by atomic mass is 32.1. The third-order valence-electron chi connectivity index (χ3n) is 4.74. The molecule has 2 amide bonds. The number of H-pyrrole nitrogens is 1. The van der Waals surface area contributed by atoms with Crippen molar-refractivity contribution in [1.82, 2.24) is 20.8 Å². The molecule has 146 valence electrons. The molecule has 7 heteroatoms. The van der Waals surface area contributed by atoms with Gasteiger partial charge in [-0.05, 0) is 32.4 Å². The third-order valence-corrected chi connectivity index (χ3v) is 5.93. The minimum Gasteiger partial charge on any atom is -0.360 e. The van der Waals surface area contributed by atoms with Gasteiger partial charge in [0.15, 0.2) is 0 Å². The molecule has 0 saturated heterocycles. The smallest absolute Gasteiger partial charge is 0.281 e. The van der Waals surface area contributed by atoms with Crippen molar-refractivity contribution in [2.24, 2.45) is 0 Å². The number of carbonyl (C=O) groups excluding carboxylic acids is 2. The molecule has 6 nitrogen and oxygen atoms in total. The number of aromatic nitrogens is 2. The summed E-state index contributed by atoms with van der Waals surface area (Å²) in [5, 5.41) is 1.58. The molecule has 3 N–H and O–H groups in total. The second kappa shape index (κ2) is 7.52. The highest BCUT2D eigenvalue weighted by Crippen LogP contribution is 2.30. The lowest BCUT2D eigenvalue weighted by molar-refractivity contribution is 0.0849. The number of benzene rings is 2. The van der Waals surface area contributed by atoms with Gasteiger partial charge in [0.2, 0.25) is 0 Å². The monoisotopic (exact) mass is 404 g/mol. The number of amides is 2. The first kappa shape index (κ1) is 18.9. The number of aromatic amines is 1. The van der Waals surface area contributed by atoms with Crippen LogP contribution in [0.15, 0.2) is 48.7 Å². The molecule has 0 saturated carbocycles. The van der Waals surface area contributed by atoms with Crippen molar-refractivity contribution >= 4 is 34.1 Å². The van der Waals surface area contributed by atoms with Crippen molar-refractivity contribution in [2.75, 3.05) is 0 Å². The van der Waals surface area contributed by atoms with Gasteiger partial charge in [-0.15, -0.1) is 11.3 Å². The Morgan fingerprint density at radius 1 is 1.00 bits per heavy atom. The summed E-state index contributed by atoms with van der Waals surface area (Å²) in [5.41, 5.74) is 10.2. The summed E-state index contributed by atoms with van der Waals surface area (Å²) in [4.78, 5) is 33.2. The zero-order chi connectivity index (χ0) is 20.5. The van der Waals surface area contributed by atoms with Crippen molar-refractivity contribution < 1.29 is 9.59 Å². The number of hydrogen-bond acceptors (Lipinski definition) is 4. The van der Waals surface area contributed by atoms with Crippen LogP contribution >= 0.6 is 11.3 Å². The van der Waals surface area contributed by atoms with Crippen LogP contribution in [0.2, 0.25) is 0 Å². The number of fused-ring (bicyclic) bond motifs is 1. The van der Waals surface area contributed by atoms with Crippen LogP contribution in [0.1, 0.15) is 36.9 Å². The van der Waals surface area contributed by atoms with Crippen LogP contribution in [0.4, 0.5) is 0 Å². The summed E-state index contributed by atoms with van der Waals surface area (Å²) >= 11 is 1.31. The van der Waals surface area contributed by atoms with Gasteiger partial charge in [0.25, 0.3) is 11.8 Å². The van der Waals surface area contributed by atoms with Gasteiger partial charge in [0.1, 0.15) is 9.88 Å². The van der Waals surface area contributed by atoms with Crippen LogP contribution in [0.5, 0.6) is 0 Å². The number of aryl methyl sites for hydroxylation is 3. The van der Waals surface area contributed by atoms with Crippen LogP contribution in [-0.4, -0.2) is 21.8 Å². The normalized spacial score (nSPS) is 10.9. The fraction of sp³-hybridized carbons (Fsp3) is 0.136. The van der Waals surface area contributed by atoms with Gasteiger partial charge in [-0.2, -0.15) is 0 Å². The fourth-order valence-corrected chi connectivity index (χ4v) is 4.32. The number of thiazole rings is 1. The lowest BCUT2D eigenvalue weighted by Crippen LogP contribution is -2.41. The Labute approximate surface area is 172 Å². The Bertz CT molecular complexity index is 1240. The number of rotatable bonds is 3. The molecule has 0 spiro atoms. The van der Waals surface area contributed by atoms with E-state index in [9.17, 15) is 9.59 Å². The van der Waals surface area contributed by atoms with E-state index in [4.69, 9.17) is 0 Å². The largest absolute Gasteiger partial charge is 0.360 e. The molecule has 0 fully saturated rings. The van der Waals surface area contributed by atoms with E-state index in [1.54, 1.807) is 13.1 Å². The minimum absolute atomic E-state index is 0.382. The van der Waals surface area contributed by atoms with Gasteiger partial charge < -0.3 is 4.98 Å². The van der Waals surface area contributed by atoms with E-state index in [0.29, 0.717) is 16.1 Å². The fourth-order valence-electron chi connectivity index (χ4n) is 3.27. The topological polar surface area (TPSA) is 86.9 Å². The molecule has 2 aromatic heterocycles. The summed E-state index contributed by atoms with van der Waals surface area (Å²) in [6.07, 6.45) is 1.63. The SMILES string of the molecule is Cc1ccc(-c2nc(C)c(C(=O)NNC(=O)c3c[nH]c4ccccc34)s2)c(C)c1. The van der Waals surface area contributed by atoms with Gasteiger partial charge >= 0.3 is 0 Å². The molecule has 0 aliphatic heterocycles. The quantitative estimate of drug-likeness (QED) is 0.445. The molecule has 0 atom stereocenters. The van der Waals surface area contributed by atoms with Crippen LogP contribution in [-0.2, 0) is 0 Å².